The zero-order chi connectivity index (χ0) is 10.1. The molecule has 2 rings (SSSR count). The molecule has 0 amide bonds. The number of carbonyl (C=O) groups is 1. The molecule has 0 spiro atoms. The molecule has 2 fully saturated rings. The number of esters is 1. The standard InChI is InChI=1S/C10H13NO2S/c1-13-10(12)8-3-6-2-7(8)9(4-6)11-5-14/h6-9H,2-4H2,1H3/t6?,7?,8-,9+/m0/s1. The molecule has 3 nitrogen and oxygen atoms in total. The van der Waals surface area contributed by atoms with E-state index in [0.717, 1.165) is 19.3 Å². The Bertz CT molecular complexity index is 298. The molecule has 0 heterocycles. The molecular formula is C10H13NO2S. The van der Waals surface area contributed by atoms with Gasteiger partial charge in [-0.1, -0.05) is 0 Å². The predicted octanol–water partition coefficient (Wildman–Crippen LogP) is 1.68. The zero-order valence-electron chi connectivity index (χ0n) is 8.10. The highest BCUT2D eigenvalue weighted by molar-refractivity contribution is 7.78. The molecule has 0 N–H and O–H groups in total. The van der Waals surface area contributed by atoms with E-state index in [9.17, 15) is 4.79 Å². The molecule has 0 aliphatic heterocycles. The number of carbonyl (C=O) groups excluding carboxylic acids is 1. The highest BCUT2D eigenvalue weighted by Crippen LogP contribution is 2.49. The first-order valence-electron chi connectivity index (χ1n) is 4.91. The maximum atomic E-state index is 11.4. The first-order valence-corrected chi connectivity index (χ1v) is 5.32. The van der Waals surface area contributed by atoms with Gasteiger partial charge < -0.3 is 4.74 Å². The van der Waals surface area contributed by atoms with Crippen LogP contribution in [0.25, 0.3) is 0 Å². The Morgan fingerprint density at radius 3 is 2.86 bits per heavy atom. The number of hydrogen-bond acceptors (Lipinski definition) is 4. The number of nitrogens with zero attached hydrogens (tertiary/aromatic N) is 1. The average molecular weight is 211 g/mol. The van der Waals surface area contributed by atoms with Gasteiger partial charge in [0.1, 0.15) is 0 Å². The lowest BCUT2D eigenvalue weighted by Gasteiger charge is -2.23. The van der Waals surface area contributed by atoms with Gasteiger partial charge in [-0.15, -0.1) is 0 Å². The fourth-order valence-electron chi connectivity index (χ4n) is 2.95. The zero-order valence-corrected chi connectivity index (χ0v) is 8.92. The van der Waals surface area contributed by atoms with Crippen molar-refractivity contribution in [3.8, 4) is 0 Å². The SMILES string of the molecule is COC(=O)[C@H]1CC2CC1[C@H](N=C=S)C2. The second-order valence-corrected chi connectivity index (χ2v) is 4.34. The summed E-state index contributed by atoms with van der Waals surface area (Å²) in [7, 11) is 1.45. The van der Waals surface area contributed by atoms with Gasteiger partial charge in [0, 0.05) is 0 Å². The van der Waals surface area contributed by atoms with Crippen LogP contribution in [0.4, 0.5) is 0 Å². The van der Waals surface area contributed by atoms with Crippen LogP contribution in [-0.2, 0) is 9.53 Å². The molecular weight excluding hydrogens is 198 g/mol. The van der Waals surface area contributed by atoms with E-state index in [2.05, 4.69) is 22.4 Å². The highest BCUT2D eigenvalue weighted by Gasteiger charge is 2.49. The van der Waals surface area contributed by atoms with E-state index in [4.69, 9.17) is 4.74 Å². The van der Waals surface area contributed by atoms with Crippen LogP contribution in [0, 0.1) is 17.8 Å². The van der Waals surface area contributed by atoms with Gasteiger partial charge in [-0.3, -0.25) is 4.79 Å². The Labute approximate surface area is 88.5 Å². The minimum absolute atomic E-state index is 0.0517. The van der Waals surface area contributed by atoms with Crippen molar-refractivity contribution < 1.29 is 9.53 Å². The molecule has 0 aromatic carbocycles. The van der Waals surface area contributed by atoms with Gasteiger partial charge in [0.05, 0.1) is 24.2 Å². The quantitative estimate of drug-likeness (QED) is 0.396. The first kappa shape index (κ1) is 9.81. The van der Waals surface area contributed by atoms with Crippen molar-refractivity contribution in [2.24, 2.45) is 22.7 Å². The summed E-state index contributed by atoms with van der Waals surface area (Å²) in [6.45, 7) is 0. The monoisotopic (exact) mass is 211 g/mol. The summed E-state index contributed by atoms with van der Waals surface area (Å²) in [5.41, 5.74) is 0. The van der Waals surface area contributed by atoms with Gasteiger partial charge in [-0.05, 0) is 43.3 Å². The number of thiocarbonyl (C=S) groups is 1. The van der Waals surface area contributed by atoms with E-state index in [-0.39, 0.29) is 17.9 Å². The molecule has 2 unspecified atom stereocenters. The second-order valence-electron chi connectivity index (χ2n) is 4.15. The molecule has 2 bridgehead atoms. The van der Waals surface area contributed by atoms with Crippen molar-refractivity contribution in [1.82, 2.24) is 0 Å². The van der Waals surface area contributed by atoms with Gasteiger partial charge >= 0.3 is 5.97 Å². The summed E-state index contributed by atoms with van der Waals surface area (Å²) in [6, 6.07) is 0.218. The molecule has 4 atom stereocenters. The molecule has 0 aromatic rings. The number of isothiocyanates is 1. The lowest BCUT2D eigenvalue weighted by atomic mass is 9.85. The number of aliphatic imine (C=N–C) groups is 1. The normalized spacial score (nSPS) is 39.2. The molecule has 76 valence electrons. The van der Waals surface area contributed by atoms with Crippen LogP contribution >= 0.6 is 12.2 Å². The van der Waals surface area contributed by atoms with E-state index in [1.165, 1.54) is 7.11 Å². The van der Waals surface area contributed by atoms with Crippen LogP contribution in [0.15, 0.2) is 4.99 Å². The summed E-state index contributed by atoms with van der Waals surface area (Å²) < 4.78 is 4.79. The van der Waals surface area contributed by atoms with E-state index in [1.54, 1.807) is 0 Å². The molecule has 2 aliphatic carbocycles. The maximum Gasteiger partial charge on any atom is 0.309 e. The topological polar surface area (TPSA) is 38.7 Å². The van der Waals surface area contributed by atoms with Crippen molar-refractivity contribution in [2.75, 3.05) is 7.11 Å². The van der Waals surface area contributed by atoms with Crippen molar-refractivity contribution in [1.29, 1.82) is 0 Å². The fourth-order valence-corrected chi connectivity index (χ4v) is 3.09. The van der Waals surface area contributed by atoms with Crippen molar-refractivity contribution in [3.05, 3.63) is 0 Å². The lowest BCUT2D eigenvalue weighted by Crippen LogP contribution is -2.29. The first-order chi connectivity index (χ1) is 6.76. The summed E-state index contributed by atoms with van der Waals surface area (Å²) in [4.78, 5) is 15.6. The Balaban J connectivity index is 2.11. The molecule has 2 saturated carbocycles. The van der Waals surface area contributed by atoms with Gasteiger partial charge in [0.2, 0.25) is 0 Å². The van der Waals surface area contributed by atoms with Crippen LogP contribution < -0.4 is 0 Å². The minimum Gasteiger partial charge on any atom is -0.469 e. The molecule has 2 aliphatic rings. The molecule has 4 heteroatoms. The third-order valence-corrected chi connectivity index (χ3v) is 3.61. The smallest absolute Gasteiger partial charge is 0.309 e. The maximum absolute atomic E-state index is 11.4. The van der Waals surface area contributed by atoms with E-state index in [0.29, 0.717) is 11.8 Å². The number of hydrogen-bond donors (Lipinski definition) is 0. The van der Waals surface area contributed by atoms with E-state index >= 15 is 0 Å². The van der Waals surface area contributed by atoms with E-state index < -0.39 is 0 Å². The van der Waals surface area contributed by atoms with Crippen molar-refractivity contribution >= 4 is 23.3 Å². The third kappa shape index (κ3) is 1.49. The third-order valence-electron chi connectivity index (χ3n) is 3.50. The number of ether oxygens (including phenoxy) is 1. The lowest BCUT2D eigenvalue weighted by molar-refractivity contribution is -0.147. The van der Waals surface area contributed by atoms with E-state index in [1.807, 2.05) is 0 Å². The Morgan fingerprint density at radius 2 is 2.29 bits per heavy atom. The average Bonchev–Trinajstić information content (AvgIpc) is 2.76. The largest absolute Gasteiger partial charge is 0.469 e. The molecule has 0 aromatic heterocycles. The van der Waals surface area contributed by atoms with Gasteiger partial charge in [-0.25, -0.2) is 4.99 Å². The summed E-state index contributed by atoms with van der Waals surface area (Å²) >= 11 is 4.60. The summed E-state index contributed by atoms with van der Waals surface area (Å²) in [5.74, 6) is 0.960. The fraction of sp³-hybridized carbons (Fsp3) is 0.800. The highest BCUT2D eigenvalue weighted by atomic mass is 32.1. The van der Waals surface area contributed by atoms with Crippen LogP contribution in [0.2, 0.25) is 0 Å². The second kappa shape index (κ2) is 3.79. The van der Waals surface area contributed by atoms with Crippen LogP contribution in [0.1, 0.15) is 19.3 Å². The minimum atomic E-state index is -0.0817. The Kier molecular flexibility index (Phi) is 2.66. The number of rotatable bonds is 2. The molecule has 0 radical (unpaired) electrons. The number of fused-ring (bicyclic) bond motifs is 2. The molecule has 0 saturated heterocycles. The predicted molar refractivity (Wildman–Crippen MR) is 55.2 cm³/mol. The number of methoxy groups -OCH3 is 1. The summed E-state index contributed by atoms with van der Waals surface area (Å²) in [6.07, 6.45) is 3.15. The van der Waals surface area contributed by atoms with Gasteiger partial charge in [0.25, 0.3) is 0 Å². The van der Waals surface area contributed by atoms with Crippen LogP contribution in [0.3, 0.4) is 0 Å². The van der Waals surface area contributed by atoms with Crippen molar-refractivity contribution in [3.63, 3.8) is 0 Å². The van der Waals surface area contributed by atoms with Crippen molar-refractivity contribution in [2.45, 2.75) is 25.3 Å². The Morgan fingerprint density at radius 1 is 1.50 bits per heavy atom. The van der Waals surface area contributed by atoms with Gasteiger partial charge in [-0.2, -0.15) is 0 Å². The molecule has 14 heavy (non-hydrogen) atoms. The van der Waals surface area contributed by atoms with Crippen LogP contribution in [0.5, 0.6) is 0 Å². The summed E-state index contributed by atoms with van der Waals surface area (Å²) in [5, 5.41) is 2.43. The Hall–Kier alpha value is -0.730. The van der Waals surface area contributed by atoms with Crippen LogP contribution in [-0.4, -0.2) is 24.3 Å². The van der Waals surface area contributed by atoms with Gasteiger partial charge in [0.15, 0.2) is 0 Å².